The molecule has 0 radical (unpaired) electrons. The summed E-state index contributed by atoms with van der Waals surface area (Å²) in [5.74, 6) is -0.486. The van der Waals surface area contributed by atoms with Gasteiger partial charge in [0.2, 0.25) is 5.91 Å². The molecule has 0 aromatic carbocycles. The zero-order valence-electron chi connectivity index (χ0n) is 22.5. The van der Waals surface area contributed by atoms with Crippen LogP contribution in [0.1, 0.15) is 142 Å². The van der Waals surface area contributed by atoms with E-state index in [1.807, 2.05) is 0 Å². The average Bonchev–Trinajstić information content (AvgIpc) is 2.84. The predicted octanol–water partition coefficient (Wildman–Crippen LogP) is 6.58. The number of amides is 1. The van der Waals surface area contributed by atoms with E-state index in [4.69, 9.17) is 0 Å². The Morgan fingerprint density at radius 1 is 0.676 bits per heavy atom. The van der Waals surface area contributed by atoms with E-state index in [0.29, 0.717) is 12.8 Å². The smallest absolute Gasteiger partial charge is 0.249 e. The fraction of sp³-hybridized carbons (Fsp3) is 0.897. The molecule has 1 amide bonds. The Morgan fingerprint density at radius 3 is 1.68 bits per heavy atom. The average molecular weight is 484 g/mol. The molecule has 202 valence electrons. The van der Waals surface area contributed by atoms with Gasteiger partial charge in [0.1, 0.15) is 6.10 Å². The number of allylic oxidation sites excluding steroid dienone is 2. The number of aliphatic hydroxyl groups is 3. The highest BCUT2D eigenvalue weighted by atomic mass is 16.3. The van der Waals surface area contributed by atoms with Crippen LogP contribution in [0.15, 0.2) is 12.2 Å². The molecule has 3 unspecified atom stereocenters. The summed E-state index contributed by atoms with van der Waals surface area (Å²) in [5, 5.41) is 32.7. The minimum absolute atomic E-state index is 0.316. The fourth-order valence-electron chi connectivity index (χ4n) is 4.24. The lowest BCUT2D eigenvalue weighted by molar-refractivity contribution is -0.131. The number of nitrogens with one attached hydrogen (secondary N) is 1. The Labute approximate surface area is 210 Å². The maximum Gasteiger partial charge on any atom is 0.249 e. The van der Waals surface area contributed by atoms with E-state index in [1.165, 1.54) is 70.6 Å². The molecule has 0 rings (SSSR count). The predicted molar refractivity (Wildman–Crippen MR) is 144 cm³/mol. The number of aliphatic hydroxyl groups excluding tert-OH is 3. The molecule has 5 heteroatoms. The third-order valence-corrected chi connectivity index (χ3v) is 6.63. The second-order valence-corrected chi connectivity index (χ2v) is 9.96. The summed E-state index contributed by atoms with van der Waals surface area (Å²) in [6.45, 7) is 4.13. The summed E-state index contributed by atoms with van der Waals surface area (Å²) >= 11 is 0. The summed E-state index contributed by atoms with van der Waals surface area (Å²) in [4.78, 5) is 12.3. The van der Waals surface area contributed by atoms with Crippen molar-refractivity contribution in [3.63, 3.8) is 0 Å². The van der Waals surface area contributed by atoms with Crippen LogP contribution in [0.25, 0.3) is 0 Å². The molecule has 0 aliphatic carbocycles. The van der Waals surface area contributed by atoms with E-state index >= 15 is 0 Å². The maximum absolute atomic E-state index is 12.3. The molecular weight excluding hydrogens is 426 g/mol. The van der Waals surface area contributed by atoms with E-state index in [9.17, 15) is 20.1 Å². The molecule has 3 atom stereocenters. The summed E-state index contributed by atoms with van der Waals surface area (Å²) in [7, 11) is 0. The van der Waals surface area contributed by atoms with Crippen molar-refractivity contribution in [2.24, 2.45) is 0 Å². The SMILES string of the molecule is CCCCC/C=C\CCCCCCC(O)C(=O)NC(CO)C(O)CCCCCCCCCCC. The van der Waals surface area contributed by atoms with Gasteiger partial charge in [-0.05, 0) is 38.5 Å². The van der Waals surface area contributed by atoms with Crippen LogP contribution in [-0.2, 0) is 4.79 Å². The van der Waals surface area contributed by atoms with Crippen molar-refractivity contribution in [2.75, 3.05) is 6.61 Å². The summed E-state index contributed by atoms with van der Waals surface area (Å²) < 4.78 is 0. The monoisotopic (exact) mass is 483 g/mol. The van der Waals surface area contributed by atoms with Crippen LogP contribution in [0, 0.1) is 0 Å². The van der Waals surface area contributed by atoms with Crippen molar-refractivity contribution >= 4 is 5.91 Å². The van der Waals surface area contributed by atoms with Crippen LogP contribution in [0.3, 0.4) is 0 Å². The number of carbonyl (C=O) groups excluding carboxylic acids is 1. The maximum atomic E-state index is 12.3. The van der Waals surface area contributed by atoms with Gasteiger partial charge in [0.25, 0.3) is 0 Å². The quantitative estimate of drug-likeness (QED) is 0.0871. The first-order chi connectivity index (χ1) is 16.6. The van der Waals surface area contributed by atoms with Gasteiger partial charge in [0, 0.05) is 0 Å². The zero-order chi connectivity index (χ0) is 25.3. The molecule has 4 N–H and O–H groups in total. The first-order valence-electron chi connectivity index (χ1n) is 14.5. The van der Waals surface area contributed by atoms with Gasteiger partial charge < -0.3 is 20.6 Å². The van der Waals surface area contributed by atoms with Gasteiger partial charge in [-0.1, -0.05) is 116 Å². The van der Waals surface area contributed by atoms with Gasteiger partial charge in [0.05, 0.1) is 18.8 Å². The van der Waals surface area contributed by atoms with E-state index < -0.39 is 24.2 Å². The van der Waals surface area contributed by atoms with E-state index in [-0.39, 0.29) is 6.61 Å². The van der Waals surface area contributed by atoms with Crippen LogP contribution in [0.4, 0.5) is 0 Å². The molecule has 0 aliphatic rings. The topological polar surface area (TPSA) is 89.8 Å². The van der Waals surface area contributed by atoms with Crippen molar-refractivity contribution in [3.8, 4) is 0 Å². The highest BCUT2D eigenvalue weighted by molar-refractivity contribution is 5.80. The molecule has 0 saturated heterocycles. The van der Waals surface area contributed by atoms with Crippen molar-refractivity contribution in [1.82, 2.24) is 5.32 Å². The molecule has 0 aromatic heterocycles. The highest BCUT2D eigenvalue weighted by Gasteiger charge is 2.23. The second kappa shape index (κ2) is 25.2. The van der Waals surface area contributed by atoms with Crippen molar-refractivity contribution in [2.45, 2.75) is 161 Å². The number of carbonyl (C=O) groups is 1. The van der Waals surface area contributed by atoms with Crippen molar-refractivity contribution < 1.29 is 20.1 Å². The summed E-state index contributed by atoms with van der Waals surface area (Å²) in [6.07, 6.45) is 24.7. The minimum Gasteiger partial charge on any atom is -0.394 e. The lowest BCUT2D eigenvalue weighted by Gasteiger charge is -2.23. The normalized spacial score (nSPS) is 14.4. The summed E-state index contributed by atoms with van der Waals surface area (Å²) in [6, 6.07) is -0.708. The molecule has 0 aliphatic heterocycles. The third kappa shape index (κ3) is 20.5. The molecule has 0 saturated carbocycles. The molecule has 5 nitrogen and oxygen atoms in total. The Bertz CT molecular complexity index is 469. The minimum atomic E-state index is -1.08. The van der Waals surface area contributed by atoms with Gasteiger partial charge in [-0.15, -0.1) is 0 Å². The van der Waals surface area contributed by atoms with Gasteiger partial charge >= 0.3 is 0 Å². The van der Waals surface area contributed by atoms with Crippen LogP contribution >= 0.6 is 0 Å². The molecular formula is C29H57NO4. The Kier molecular flexibility index (Phi) is 24.5. The van der Waals surface area contributed by atoms with Crippen molar-refractivity contribution in [3.05, 3.63) is 12.2 Å². The van der Waals surface area contributed by atoms with Gasteiger partial charge in [-0.2, -0.15) is 0 Å². The fourth-order valence-corrected chi connectivity index (χ4v) is 4.24. The lowest BCUT2D eigenvalue weighted by Crippen LogP contribution is -2.49. The molecule has 0 heterocycles. The highest BCUT2D eigenvalue weighted by Crippen LogP contribution is 2.13. The molecule has 0 aromatic rings. The zero-order valence-corrected chi connectivity index (χ0v) is 22.5. The molecule has 34 heavy (non-hydrogen) atoms. The Balaban J connectivity index is 3.81. The largest absolute Gasteiger partial charge is 0.394 e. The van der Waals surface area contributed by atoms with Gasteiger partial charge in [-0.3, -0.25) is 4.79 Å². The second-order valence-electron chi connectivity index (χ2n) is 9.96. The molecule has 0 bridgehead atoms. The third-order valence-electron chi connectivity index (χ3n) is 6.63. The van der Waals surface area contributed by atoms with Gasteiger partial charge in [0.15, 0.2) is 0 Å². The van der Waals surface area contributed by atoms with Gasteiger partial charge in [-0.25, -0.2) is 0 Å². The van der Waals surface area contributed by atoms with Crippen LogP contribution in [0.5, 0.6) is 0 Å². The lowest BCUT2D eigenvalue weighted by atomic mass is 10.0. The first kappa shape index (κ1) is 33.1. The van der Waals surface area contributed by atoms with Crippen LogP contribution in [-0.4, -0.2) is 46.1 Å². The Morgan fingerprint density at radius 2 is 1.12 bits per heavy atom. The Hall–Kier alpha value is -0.910. The van der Waals surface area contributed by atoms with E-state index in [1.54, 1.807) is 0 Å². The molecule has 0 spiro atoms. The standard InChI is InChI=1S/C29H57NO4/c1-3-5-7-9-11-13-14-16-18-20-22-24-28(33)29(34)30-26(25-31)27(32)23-21-19-17-15-12-10-8-6-4-2/h11,13,26-28,31-33H,3-10,12,14-25H2,1-2H3,(H,30,34)/b13-11-. The molecule has 0 fully saturated rings. The van der Waals surface area contributed by atoms with Crippen LogP contribution < -0.4 is 5.32 Å². The van der Waals surface area contributed by atoms with E-state index in [2.05, 4.69) is 31.3 Å². The van der Waals surface area contributed by atoms with Crippen LogP contribution in [0.2, 0.25) is 0 Å². The number of rotatable bonds is 25. The number of hydrogen-bond donors (Lipinski definition) is 4. The van der Waals surface area contributed by atoms with Crippen molar-refractivity contribution in [1.29, 1.82) is 0 Å². The first-order valence-corrected chi connectivity index (χ1v) is 14.5. The summed E-state index contributed by atoms with van der Waals surface area (Å²) in [5.41, 5.74) is 0. The number of unbranched alkanes of at least 4 members (excludes halogenated alkanes) is 15. The van der Waals surface area contributed by atoms with E-state index in [0.717, 1.165) is 44.9 Å². The number of hydrogen-bond acceptors (Lipinski definition) is 4.